The molecule has 0 saturated carbocycles. The van der Waals surface area contributed by atoms with Crippen LogP contribution in [0.3, 0.4) is 0 Å². The lowest BCUT2D eigenvalue weighted by atomic mass is 9.87. The molecule has 1 saturated heterocycles. The Hall–Kier alpha value is -2.57. The maximum atomic E-state index is 12.5. The van der Waals surface area contributed by atoms with Gasteiger partial charge in [-0.25, -0.2) is 0 Å². The van der Waals surface area contributed by atoms with Crippen LogP contribution in [-0.2, 0) is 10.2 Å². The van der Waals surface area contributed by atoms with Crippen molar-refractivity contribution in [1.29, 1.82) is 0 Å². The van der Waals surface area contributed by atoms with Gasteiger partial charge >= 0.3 is 0 Å². The lowest BCUT2D eigenvalue weighted by Crippen LogP contribution is -2.27. The van der Waals surface area contributed by atoms with Gasteiger partial charge in [-0.15, -0.1) is 6.58 Å². The Morgan fingerprint density at radius 2 is 1.75 bits per heavy atom. The molecule has 32 heavy (non-hydrogen) atoms. The van der Waals surface area contributed by atoms with Crippen LogP contribution in [0.4, 0.5) is 0 Å². The third-order valence-electron chi connectivity index (χ3n) is 4.89. The Morgan fingerprint density at radius 3 is 2.41 bits per heavy atom. The Bertz CT molecular complexity index is 1010. The van der Waals surface area contributed by atoms with E-state index in [0.29, 0.717) is 29.0 Å². The predicted octanol–water partition coefficient (Wildman–Crippen LogP) is 6.22. The highest BCUT2D eigenvalue weighted by molar-refractivity contribution is 8.26. The number of benzene rings is 2. The monoisotopic (exact) mass is 467 g/mol. The van der Waals surface area contributed by atoms with Crippen molar-refractivity contribution in [2.75, 3.05) is 19.8 Å². The first kappa shape index (κ1) is 24.1. The minimum Gasteiger partial charge on any atom is -0.493 e. The molecular formula is C26H29NO3S2. The molecule has 0 bridgehead atoms. The standard InChI is InChI=1S/C26H29NO3S2/c1-5-14-27-24(28)23(32-25(27)31)18-19-8-6-9-22(17-19)30-16-7-15-29-21-12-10-20(11-13-21)26(2,3)4/h5-6,8-13,17-18H,1,7,14-16H2,2-4H3. The van der Waals surface area contributed by atoms with E-state index in [-0.39, 0.29) is 11.3 Å². The first-order chi connectivity index (χ1) is 15.3. The molecule has 1 amide bonds. The minimum atomic E-state index is -0.0843. The number of rotatable bonds is 9. The van der Waals surface area contributed by atoms with Crippen LogP contribution in [0, 0.1) is 0 Å². The van der Waals surface area contributed by atoms with E-state index in [1.165, 1.54) is 17.3 Å². The molecule has 6 heteroatoms. The van der Waals surface area contributed by atoms with Gasteiger partial charge in [-0.3, -0.25) is 9.69 Å². The number of ether oxygens (including phenoxy) is 2. The fourth-order valence-electron chi connectivity index (χ4n) is 3.12. The second-order valence-electron chi connectivity index (χ2n) is 8.48. The molecular weight excluding hydrogens is 438 g/mol. The van der Waals surface area contributed by atoms with E-state index in [1.54, 1.807) is 11.0 Å². The number of hydrogen-bond acceptors (Lipinski definition) is 5. The van der Waals surface area contributed by atoms with Crippen molar-refractivity contribution in [2.24, 2.45) is 0 Å². The molecule has 0 N–H and O–H groups in total. The van der Waals surface area contributed by atoms with Crippen molar-refractivity contribution < 1.29 is 14.3 Å². The summed E-state index contributed by atoms with van der Waals surface area (Å²) in [6, 6.07) is 15.9. The number of carbonyl (C=O) groups excluding carboxylic acids is 1. The minimum absolute atomic E-state index is 0.0843. The van der Waals surface area contributed by atoms with Gasteiger partial charge in [0.25, 0.3) is 5.91 Å². The molecule has 0 atom stereocenters. The zero-order chi connectivity index (χ0) is 23.1. The van der Waals surface area contributed by atoms with Crippen LogP contribution in [0.5, 0.6) is 11.5 Å². The van der Waals surface area contributed by atoms with Crippen molar-refractivity contribution in [3.05, 3.63) is 77.2 Å². The van der Waals surface area contributed by atoms with E-state index in [9.17, 15) is 4.79 Å². The summed E-state index contributed by atoms with van der Waals surface area (Å²) in [7, 11) is 0. The van der Waals surface area contributed by atoms with E-state index in [0.717, 1.165) is 23.5 Å². The zero-order valence-electron chi connectivity index (χ0n) is 18.8. The molecule has 0 spiro atoms. The summed E-state index contributed by atoms with van der Waals surface area (Å²) in [5, 5.41) is 0. The first-order valence-electron chi connectivity index (χ1n) is 10.6. The third-order valence-corrected chi connectivity index (χ3v) is 6.27. The zero-order valence-corrected chi connectivity index (χ0v) is 20.4. The van der Waals surface area contributed by atoms with Gasteiger partial charge < -0.3 is 9.47 Å². The van der Waals surface area contributed by atoms with Crippen LogP contribution >= 0.6 is 24.0 Å². The number of thioether (sulfide) groups is 1. The van der Waals surface area contributed by atoms with Crippen LogP contribution in [0.15, 0.2) is 66.1 Å². The van der Waals surface area contributed by atoms with Crippen molar-refractivity contribution >= 4 is 40.3 Å². The van der Waals surface area contributed by atoms with Crippen LogP contribution in [0.2, 0.25) is 0 Å². The Labute approximate surface area is 200 Å². The van der Waals surface area contributed by atoms with Crippen LogP contribution in [0.1, 0.15) is 38.3 Å². The van der Waals surface area contributed by atoms with Crippen LogP contribution in [0.25, 0.3) is 6.08 Å². The highest BCUT2D eigenvalue weighted by atomic mass is 32.2. The summed E-state index contributed by atoms with van der Waals surface area (Å²) in [5.41, 5.74) is 2.32. The van der Waals surface area contributed by atoms with E-state index in [4.69, 9.17) is 21.7 Å². The number of amides is 1. The summed E-state index contributed by atoms with van der Waals surface area (Å²) >= 11 is 6.60. The number of carbonyl (C=O) groups is 1. The number of nitrogens with zero attached hydrogens (tertiary/aromatic N) is 1. The van der Waals surface area contributed by atoms with Crippen LogP contribution in [-0.4, -0.2) is 34.9 Å². The van der Waals surface area contributed by atoms with Crippen LogP contribution < -0.4 is 9.47 Å². The third kappa shape index (κ3) is 6.47. The Balaban J connectivity index is 1.48. The van der Waals surface area contributed by atoms with E-state index in [2.05, 4.69) is 39.5 Å². The maximum Gasteiger partial charge on any atom is 0.266 e. The molecule has 1 aliphatic rings. The molecule has 2 aromatic rings. The topological polar surface area (TPSA) is 38.8 Å². The first-order valence-corrected chi connectivity index (χ1v) is 11.8. The molecule has 4 nitrogen and oxygen atoms in total. The summed E-state index contributed by atoms with van der Waals surface area (Å²) < 4.78 is 12.2. The fourth-order valence-corrected chi connectivity index (χ4v) is 4.40. The van der Waals surface area contributed by atoms with E-state index < -0.39 is 0 Å². The highest BCUT2D eigenvalue weighted by Gasteiger charge is 2.30. The molecule has 0 aliphatic carbocycles. The summed E-state index contributed by atoms with van der Waals surface area (Å²) in [4.78, 5) is 14.6. The van der Waals surface area contributed by atoms with E-state index >= 15 is 0 Å². The van der Waals surface area contributed by atoms with Gasteiger partial charge in [0.2, 0.25) is 0 Å². The van der Waals surface area contributed by atoms with Gasteiger partial charge in [0.15, 0.2) is 0 Å². The SMILES string of the molecule is C=CCN1C(=O)C(=Cc2cccc(OCCCOc3ccc(C(C)(C)C)cc3)c2)SC1=S. The highest BCUT2D eigenvalue weighted by Crippen LogP contribution is 2.32. The normalized spacial score (nSPS) is 15.3. The Morgan fingerprint density at radius 1 is 1.06 bits per heavy atom. The molecule has 1 fully saturated rings. The second kappa shape index (κ2) is 10.8. The molecule has 2 aromatic carbocycles. The fraction of sp³-hybridized carbons (Fsp3) is 0.308. The van der Waals surface area contributed by atoms with Gasteiger partial charge in [-0.1, -0.05) is 75.1 Å². The molecule has 3 rings (SSSR count). The molecule has 1 aliphatic heterocycles. The van der Waals surface area contributed by atoms with Gasteiger partial charge in [-0.05, 0) is 46.9 Å². The van der Waals surface area contributed by atoms with Gasteiger partial charge in [0, 0.05) is 13.0 Å². The van der Waals surface area contributed by atoms with Gasteiger partial charge in [-0.2, -0.15) is 0 Å². The quantitative estimate of drug-likeness (QED) is 0.189. The molecule has 168 valence electrons. The maximum absolute atomic E-state index is 12.5. The summed E-state index contributed by atoms with van der Waals surface area (Å²) in [5.74, 6) is 1.54. The van der Waals surface area contributed by atoms with Gasteiger partial charge in [0.1, 0.15) is 15.8 Å². The lowest BCUT2D eigenvalue weighted by molar-refractivity contribution is -0.121. The van der Waals surface area contributed by atoms with Crippen molar-refractivity contribution in [3.8, 4) is 11.5 Å². The second-order valence-corrected chi connectivity index (χ2v) is 10.2. The average molecular weight is 468 g/mol. The molecule has 1 heterocycles. The van der Waals surface area contributed by atoms with Gasteiger partial charge in [0.05, 0.1) is 18.1 Å². The molecule has 0 unspecified atom stereocenters. The van der Waals surface area contributed by atoms with Crippen molar-refractivity contribution in [1.82, 2.24) is 4.90 Å². The lowest BCUT2D eigenvalue weighted by Gasteiger charge is -2.19. The molecule has 0 radical (unpaired) electrons. The predicted molar refractivity (Wildman–Crippen MR) is 137 cm³/mol. The number of thiocarbonyl (C=S) groups is 1. The summed E-state index contributed by atoms with van der Waals surface area (Å²) in [6.07, 6.45) is 4.29. The Kier molecular flexibility index (Phi) is 8.15. The van der Waals surface area contributed by atoms with E-state index in [1.807, 2.05) is 42.5 Å². The average Bonchev–Trinajstić information content (AvgIpc) is 3.01. The largest absolute Gasteiger partial charge is 0.493 e. The van der Waals surface area contributed by atoms with Crippen molar-refractivity contribution in [3.63, 3.8) is 0 Å². The smallest absolute Gasteiger partial charge is 0.266 e. The summed E-state index contributed by atoms with van der Waals surface area (Å²) in [6.45, 7) is 11.8. The number of hydrogen-bond donors (Lipinski definition) is 0. The van der Waals surface area contributed by atoms with Crippen molar-refractivity contribution in [2.45, 2.75) is 32.6 Å². The molecule has 0 aromatic heterocycles.